The van der Waals surface area contributed by atoms with E-state index in [9.17, 15) is 0 Å². The van der Waals surface area contributed by atoms with Gasteiger partial charge in [0.2, 0.25) is 0 Å². The number of hydrogen-bond donors (Lipinski definition) is 0. The zero-order valence-corrected chi connectivity index (χ0v) is 6.42. The molecule has 0 spiro atoms. The van der Waals surface area contributed by atoms with Gasteiger partial charge in [0.05, 0.1) is 4.05 Å². The summed E-state index contributed by atoms with van der Waals surface area (Å²) < 4.78 is 0.637. The summed E-state index contributed by atoms with van der Waals surface area (Å²) in [5.41, 5.74) is 0. The normalized spacial score (nSPS) is 32.0. The van der Waals surface area contributed by atoms with Gasteiger partial charge in [-0.2, -0.15) is 0 Å². The third kappa shape index (κ3) is 1.16. The molecule has 40 valence electrons. The molecule has 0 saturated heterocycles. The van der Waals surface area contributed by atoms with E-state index >= 15 is 0 Å². The Morgan fingerprint density at radius 1 is 1.86 bits per heavy atom. The summed E-state index contributed by atoms with van der Waals surface area (Å²) in [6.07, 6.45) is 4.40. The first kappa shape index (κ1) is 5.56. The second-order valence-corrected chi connectivity index (χ2v) is 3.02. The summed E-state index contributed by atoms with van der Waals surface area (Å²) in [6.45, 7) is 1.12. The molecule has 0 aromatic carbocycles. The van der Waals surface area contributed by atoms with Gasteiger partial charge < -0.3 is 0 Å². The lowest BCUT2D eigenvalue weighted by molar-refractivity contribution is 0.421. The highest BCUT2D eigenvalue weighted by Gasteiger charge is 2.09. The SMILES string of the molecule is CN1CC=C[C@H]1I. The van der Waals surface area contributed by atoms with Crippen molar-refractivity contribution in [3.63, 3.8) is 0 Å². The van der Waals surface area contributed by atoms with E-state index in [1.807, 2.05) is 0 Å². The van der Waals surface area contributed by atoms with E-state index in [1.54, 1.807) is 0 Å². The Labute approximate surface area is 57.5 Å². The van der Waals surface area contributed by atoms with Gasteiger partial charge in [-0.3, -0.25) is 4.90 Å². The third-order valence-electron chi connectivity index (χ3n) is 1.11. The van der Waals surface area contributed by atoms with Crippen molar-refractivity contribution in [3.05, 3.63) is 12.2 Å². The molecule has 0 N–H and O–H groups in total. The third-order valence-corrected chi connectivity index (χ3v) is 2.48. The topological polar surface area (TPSA) is 3.24 Å². The molecule has 1 rings (SSSR count). The molecule has 2 heteroatoms. The van der Waals surface area contributed by atoms with Gasteiger partial charge in [-0.15, -0.1) is 0 Å². The van der Waals surface area contributed by atoms with E-state index in [0.717, 1.165) is 6.54 Å². The second kappa shape index (κ2) is 2.13. The quantitative estimate of drug-likeness (QED) is 0.251. The van der Waals surface area contributed by atoms with E-state index in [2.05, 4.69) is 46.7 Å². The van der Waals surface area contributed by atoms with Gasteiger partial charge in [0.15, 0.2) is 0 Å². The van der Waals surface area contributed by atoms with Crippen LogP contribution in [-0.2, 0) is 0 Å². The van der Waals surface area contributed by atoms with Gasteiger partial charge in [-0.25, -0.2) is 0 Å². The van der Waals surface area contributed by atoms with Gasteiger partial charge >= 0.3 is 0 Å². The molecule has 0 fully saturated rings. The van der Waals surface area contributed by atoms with Gasteiger partial charge in [-0.1, -0.05) is 34.7 Å². The molecule has 0 aromatic rings. The minimum Gasteiger partial charge on any atom is -0.288 e. The Kier molecular flexibility index (Phi) is 1.69. The fourth-order valence-electron chi connectivity index (χ4n) is 0.587. The Hall–Kier alpha value is 0.430. The molecule has 1 atom stereocenters. The van der Waals surface area contributed by atoms with E-state index in [-0.39, 0.29) is 0 Å². The first-order chi connectivity index (χ1) is 3.30. The average molecular weight is 209 g/mol. The molecule has 7 heavy (non-hydrogen) atoms. The molecule has 0 aromatic heterocycles. The molecular formula is C5H8IN. The fourth-order valence-corrected chi connectivity index (χ4v) is 1.11. The average Bonchev–Trinajstić information content (AvgIpc) is 1.91. The molecular weight excluding hydrogens is 201 g/mol. The highest BCUT2D eigenvalue weighted by molar-refractivity contribution is 14.1. The monoisotopic (exact) mass is 209 g/mol. The predicted octanol–water partition coefficient (Wildman–Crippen LogP) is 1.25. The number of alkyl halides is 1. The minimum atomic E-state index is 0.637. The Balaban J connectivity index is 2.45. The van der Waals surface area contributed by atoms with E-state index in [4.69, 9.17) is 0 Å². The summed E-state index contributed by atoms with van der Waals surface area (Å²) in [5.74, 6) is 0. The maximum absolute atomic E-state index is 2.40. The summed E-state index contributed by atoms with van der Waals surface area (Å²) in [6, 6.07) is 0. The molecule has 1 aliphatic heterocycles. The highest BCUT2D eigenvalue weighted by atomic mass is 127. The maximum Gasteiger partial charge on any atom is 0.0804 e. The highest BCUT2D eigenvalue weighted by Crippen LogP contribution is 2.12. The van der Waals surface area contributed by atoms with Crippen LogP contribution in [0.1, 0.15) is 0 Å². The lowest BCUT2D eigenvalue weighted by atomic mass is 10.6. The molecule has 0 unspecified atom stereocenters. The van der Waals surface area contributed by atoms with Crippen LogP contribution in [0.25, 0.3) is 0 Å². The van der Waals surface area contributed by atoms with Crippen molar-refractivity contribution in [2.45, 2.75) is 4.05 Å². The van der Waals surface area contributed by atoms with Crippen molar-refractivity contribution < 1.29 is 0 Å². The molecule has 1 nitrogen and oxygen atoms in total. The van der Waals surface area contributed by atoms with Gasteiger partial charge in [-0.05, 0) is 7.05 Å². The Bertz CT molecular complexity index is 90.1. The van der Waals surface area contributed by atoms with Crippen LogP contribution in [-0.4, -0.2) is 22.5 Å². The van der Waals surface area contributed by atoms with Gasteiger partial charge in [0, 0.05) is 6.54 Å². The van der Waals surface area contributed by atoms with Crippen LogP contribution < -0.4 is 0 Å². The fraction of sp³-hybridized carbons (Fsp3) is 0.600. The number of halogens is 1. The zero-order chi connectivity index (χ0) is 5.28. The summed E-state index contributed by atoms with van der Waals surface area (Å²) in [4.78, 5) is 2.28. The van der Waals surface area contributed by atoms with Crippen LogP contribution in [0.4, 0.5) is 0 Å². The van der Waals surface area contributed by atoms with Crippen LogP contribution in [0.5, 0.6) is 0 Å². The summed E-state index contributed by atoms with van der Waals surface area (Å²) >= 11 is 2.40. The van der Waals surface area contributed by atoms with Crippen LogP contribution in [0.2, 0.25) is 0 Å². The predicted molar refractivity (Wildman–Crippen MR) is 39.6 cm³/mol. The molecule has 0 radical (unpaired) electrons. The number of nitrogens with zero attached hydrogens (tertiary/aromatic N) is 1. The van der Waals surface area contributed by atoms with Gasteiger partial charge in [0.25, 0.3) is 0 Å². The maximum atomic E-state index is 2.40. The van der Waals surface area contributed by atoms with Crippen molar-refractivity contribution in [1.82, 2.24) is 4.90 Å². The van der Waals surface area contributed by atoms with Crippen molar-refractivity contribution in [3.8, 4) is 0 Å². The van der Waals surface area contributed by atoms with Crippen molar-refractivity contribution >= 4 is 22.6 Å². The van der Waals surface area contributed by atoms with Crippen molar-refractivity contribution in [2.24, 2.45) is 0 Å². The molecule has 0 amide bonds. The molecule has 1 heterocycles. The summed E-state index contributed by atoms with van der Waals surface area (Å²) in [5, 5.41) is 0. The van der Waals surface area contributed by atoms with Crippen molar-refractivity contribution in [1.29, 1.82) is 0 Å². The Morgan fingerprint density at radius 3 is 2.71 bits per heavy atom. The molecule has 1 aliphatic rings. The molecule has 0 aliphatic carbocycles. The Morgan fingerprint density at radius 2 is 2.57 bits per heavy atom. The lowest BCUT2D eigenvalue weighted by Gasteiger charge is -2.10. The lowest BCUT2D eigenvalue weighted by Crippen LogP contribution is -2.18. The summed E-state index contributed by atoms with van der Waals surface area (Å²) in [7, 11) is 2.12. The second-order valence-electron chi connectivity index (χ2n) is 1.74. The van der Waals surface area contributed by atoms with E-state index in [0.29, 0.717) is 4.05 Å². The van der Waals surface area contributed by atoms with Crippen LogP contribution >= 0.6 is 22.6 Å². The van der Waals surface area contributed by atoms with Crippen molar-refractivity contribution in [2.75, 3.05) is 13.6 Å². The first-order valence-corrected chi connectivity index (χ1v) is 3.56. The molecule has 0 bridgehead atoms. The largest absolute Gasteiger partial charge is 0.288 e. The van der Waals surface area contributed by atoms with E-state index in [1.165, 1.54) is 0 Å². The number of rotatable bonds is 0. The smallest absolute Gasteiger partial charge is 0.0804 e. The number of hydrogen-bond acceptors (Lipinski definition) is 1. The first-order valence-electron chi connectivity index (χ1n) is 2.31. The van der Waals surface area contributed by atoms with Gasteiger partial charge in [0.1, 0.15) is 0 Å². The minimum absolute atomic E-state index is 0.637. The van der Waals surface area contributed by atoms with E-state index < -0.39 is 0 Å². The standard InChI is InChI=1S/C5H8IN/c1-7-4-2-3-5(7)6/h2-3,5H,4H2,1H3/t5-/m0/s1. The number of likely N-dealkylation sites (N-methyl/N-ethyl adjacent to an activating group) is 1. The van der Waals surface area contributed by atoms with Crippen LogP contribution in [0.3, 0.4) is 0 Å². The molecule has 0 saturated carbocycles. The van der Waals surface area contributed by atoms with Crippen LogP contribution in [0, 0.1) is 0 Å². The van der Waals surface area contributed by atoms with Crippen LogP contribution in [0.15, 0.2) is 12.2 Å². The zero-order valence-electron chi connectivity index (χ0n) is 4.26.